The summed E-state index contributed by atoms with van der Waals surface area (Å²) < 4.78 is 16.1. The quantitative estimate of drug-likeness (QED) is 0.635. The second-order valence-electron chi connectivity index (χ2n) is 6.74. The van der Waals surface area contributed by atoms with E-state index >= 15 is 0 Å². The van der Waals surface area contributed by atoms with Gasteiger partial charge in [0.1, 0.15) is 0 Å². The van der Waals surface area contributed by atoms with Gasteiger partial charge in [-0.3, -0.25) is 14.9 Å². The predicted octanol–water partition coefficient (Wildman–Crippen LogP) is 3.52. The molecule has 1 aliphatic rings. The summed E-state index contributed by atoms with van der Waals surface area (Å²) in [5.74, 6) is 1.16. The van der Waals surface area contributed by atoms with E-state index in [4.69, 9.17) is 14.0 Å². The number of fused-ring (bicyclic) bond motifs is 1. The van der Waals surface area contributed by atoms with E-state index in [9.17, 15) is 9.59 Å². The van der Waals surface area contributed by atoms with Gasteiger partial charge in [0.2, 0.25) is 5.91 Å². The lowest BCUT2D eigenvalue weighted by molar-refractivity contribution is -0.118. The van der Waals surface area contributed by atoms with E-state index in [1.807, 2.05) is 36.4 Å². The molecule has 1 saturated heterocycles. The Labute approximate surface area is 171 Å². The highest BCUT2D eigenvalue weighted by Crippen LogP contribution is 2.29. The molecule has 8 heteroatoms. The van der Waals surface area contributed by atoms with E-state index in [2.05, 4.69) is 10.5 Å². The lowest BCUT2D eigenvalue weighted by atomic mass is 10.0. The number of aromatic nitrogens is 1. The van der Waals surface area contributed by atoms with Crippen LogP contribution >= 0.6 is 11.8 Å². The third-order valence-electron chi connectivity index (χ3n) is 4.90. The van der Waals surface area contributed by atoms with Crippen LogP contribution in [0.5, 0.6) is 11.5 Å². The molecule has 4 rings (SSSR count). The summed E-state index contributed by atoms with van der Waals surface area (Å²) in [5.41, 5.74) is 3.61. The molecule has 0 bridgehead atoms. The van der Waals surface area contributed by atoms with E-state index < -0.39 is 5.25 Å². The summed E-state index contributed by atoms with van der Waals surface area (Å²) >= 11 is 1.03. The average molecular weight is 412 g/mol. The molecule has 1 unspecified atom stereocenters. The van der Waals surface area contributed by atoms with Crippen LogP contribution in [-0.4, -0.2) is 35.8 Å². The van der Waals surface area contributed by atoms with Crippen molar-refractivity contribution in [1.82, 2.24) is 10.5 Å². The van der Waals surface area contributed by atoms with Gasteiger partial charge in [-0.05, 0) is 54.7 Å². The first-order valence-corrected chi connectivity index (χ1v) is 10.0. The van der Waals surface area contributed by atoms with Crippen molar-refractivity contribution in [3.63, 3.8) is 0 Å². The van der Waals surface area contributed by atoms with Crippen LogP contribution in [0.25, 0.3) is 11.0 Å². The Kier molecular flexibility index (Phi) is 5.44. The second kappa shape index (κ2) is 8.16. The molecule has 1 aliphatic heterocycles. The largest absolute Gasteiger partial charge is 0.493 e. The zero-order chi connectivity index (χ0) is 20.4. The average Bonchev–Trinajstić information content (AvgIpc) is 3.27. The summed E-state index contributed by atoms with van der Waals surface area (Å²) in [6.45, 7) is 0. The molecule has 1 aromatic heterocycles. The molecule has 1 N–H and O–H groups in total. The number of hydrogen-bond acceptors (Lipinski definition) is 7. The Morgan fingerprint density at radius 1 is 1.03 bits per heavy atom. The van der Waals surface area contributed by atoms with Crippen molar-refractivity contribution < 1.29 is 23.6 Å². The maximum absolute atomic E-state index is 11.8. The first-order chi connectivity index (χ1) is 14.1. The Bertz CT molecular complexity index is 1080. The molecule has 0 spiro atoms. The molecule has 1 fully saturated rings. The molecule has 2 amide bonds. The third kappa shape index (κ3) is 4.07. The summed E-state index contributed by atoms with van der Waals surface area (Å²) in [6, 6.07) is 11.7. The van der Waals surface area contributed by atoms with Gasteiger partial charge >= 0.3 is 0 Å². The van der Waals surface area contributed by atoms with Crippen LogP contribution < -0.4 is 14.8 Å². The number of carbonyl (C=O) groups excluding carboxylic acids is 2. The fourth-order valence-electron chi connectivity index (χ4n) is 3.38. The number of imide groups is 1. The number of amides is 2. The van der Waals surface area contributed by atoms with Gasteiger partial charge in [0, 0.05) is 5.39 Å². The van der Waals surface area contributed by atoms with Gasteiger partial charge in [-0.1, -0.05) is 29.1 Å². The van der Waals surface area contributed by atoms with Crippen molar-refractivity contribution >= 4 is 33.9 Å². The van der Waals surface area contributed by atoms with Crippen LogP contribution in [0.2, 0.25) is 0 Å². The summed E-state index contributed by atoms with van der Waals surface area (Å²) in [6.07, 6.45) is 1.97. The van der Waals surface area contributed by atoms with Gasteiger partial charge in [0.05, 0.1) is 25.2 Å². The number of ether oxygens (including phenoxy) is 2. The van der Waals surface area contributed by atoms with Crippen LogP contribution in [0.4, 0.5) is 4.79 Å². The molecule has 0 saturated carbocycles. The number of benzene rings is 2. The van der Waals surface area contributed by atoms with Gasteiger partial charge < -0.3 is 14.0 Å². The van der Waals surface area contributed by atoms with E-state index in [1.54, 1.807) is 14.2 Å². The number of rotatable bonds is 7. The van der Waals surface area contributed by atoms with Gasteiger partial charge in [-0.15, -0.1) is 0 Å². The maximum atomic E-state index is 11.8. The Balaban J connectivity index is 1.46. The highest BCUT2D eigenvalue weighted by atomic mass is 32.2. The van der Waals surface area contributed by atoms with Crippen molar-refractivity contribution in [2.75, 3.05) is 14.2 Å². The number of aryl methyl sites for hydroxylation is 2. The molecule has 7 nitrogen and oxygen atoms in total. The molecule has 2 aromatic carbocycles. The minimum atomic E-state index is -0.396. The monoisotopic (exact) mass is 412 g/mol. The van der Waals surface area contributed by atoms with E-state index in [0.717, 1.165) is 46.8 Å². The standard InChI is InChI=1S/C21H20N2O5S/c1-26-16-8-5-12(9-18(16)27-2)4-7-15-14-6-3-13(10-17(14)28-23-15)11-19-20(24)22-21(25)29-19/h3,5-6,8-10,19H,4,7,11H2,1-2H3,(H,22,24,25). The molecule has 3 aromatic rings. The molecule has 0 aliphatic carbocycles. The number of thioether (sulfide) groups is 1. The fourth-order valence-corrected chi connectivity index (χ4v) is 4.24. The highest BCUT2D eigenvalue weighted by Gasteiger charge is 2.31. The van der Waals surface area contributed by atoms with Crippen LogP contribution in [0, 0.1) is 0 Å². The van der Waals surface area contributed by atoms with E-state index in [1.165, 1.54) is 0 Å². The highest BCUT2D eigenvalue weighted by molar-refractivity contribution is 8.15. The van der Waals surface area contributed by atoms with Crippen LogP contribution in [0.3, 0.4) is 0 Å². The third-order valence-corrected chi connectivity index (χ3v) is 5.88. The number of hydrogen-bond donors (Lipinski definition) is 1. The van der Waals surface area contributed by atoms with Crippen molar-refractivity contribution in [3.05, 3.63) is 53.2 Å². The van der Waals surface area contributed by atoms with Crippen LogP contribution in [0.1, 0.15) is 16.8 Å². The number of nitrogens with zero attached hydrogens (tertiary/aromatic N) is 1. The Hall–Kier alpha value is -3.00. The number of carbonyl (C=O) groups is 2. The van der Waals surface area contributed by atoms with Crippen LogP contribution in [0.15, 0.2) is 40.9 Å². The predicted molar refractivity (Wildman–Crippen MR) is 110 cm³/mol. The Morgan fingerprint density at radius 2 is 1.83 bits per heavy atom. The first kappa shape index (κ1) is 19.3. The fraction of sp³-hybridized carbons (Fsp3) is 0.286. The van der Waals surface area contributed by atoms with E-state index in [0.29, 0.717) is 23.5 Å². The normalized spacial score (nSPS) is 16.3. The summed E-state index contributed by atoms with van der Waals surface area (Å²) in [7, 11) is 3.23. The molecule has 29 heavy (non-hydrogen) atoms. The summed E-state index contributed by atoms with van der Waals surface area (Å²) in [4.78, 5) is 23.1. The molecular formula is C21H20N2O5S. The Morgan fingerprint density at radius 3 is 2.55 bits per heavy atom. The van der Waals surface area contributed by atoms with Crippen molar-refractivity contribution in [2.45, 2.75) is 24.5 Å². The SMILES string of the molecule is COc1ccc(CCc2noc3cc(CC4SC(=O)NC4=O)ccc23)cc1OC. The van der Waals surface area contributed by atoms with E-state index in [-0.39, 0.29) is 11.1 Å². The zero-order valence-corrected chi connectivity index (χ0v) is 16.9. The van der Waals surface area contributed by atoms with Gasteiger partial charge in [0.15, 0.2) is 17.1 Å². The van der Waals surface area contributed by atoms with Gasteiger partial charge in [-0.2, -0.15) is 0 Å². The van der Waals surface area contributed by atoms with Crippen molar-refractivity contribution in [2.24, 2.45) is 0 Å². The molecule has 0 radical (unpaired) electrons. The number of nitrogens with one attached hydrogen (secondary N) is 1. The smallest absolute Gasteiger partial charge is 0.286 e. The zero-order valence-electron chi connectivity index (χ0n) is 16.1. The minimum Gasteiger partial charge on any atom is -0.493 e. The summed E-state index contributed by atoms with van der Waals surface area (Å²) in [5, 5.41) is 6.79. The van der Waals surface area contributed by atoms with Crippen molar-refractivity contribution in [3.8, 4) is 11.5 Å². The second-order valence-corrected chi connectivity index (χ2v) is 7.91. The van der Waals surface area contributed by atoms with Gasteiger partial charge in [0.25, 0.3) is 5.24 Å². The maximum Gasteiger partial charge on any atom is 0.286 e. The number of methoxy groups -OCH3 is 2. The molecule has 1 atom stereocenters. The molecule has 2 heterocycles. The lowest BCUT2D eigenvalue weighted by Gasteiger charge is -2.09. The topological polar surface area (TPSA) is 90.7 Å². The first-order valence-electron chi connectivity index (χ1n) is 9.17. The van der Waals surface area contributed by atoms with Crippen LogP contribution in [-0.2, 0) is 24.1 Å². The van der Waals surface area contributed by atoms with Crippen molar-refractivity contribution in [1.29, 1.82) is 0 Å². The molecule has 150 valence electrons. The van der Waals surface area contributed by atoms with Gasteiger partial charge in [-0.25, -0.2) is 0 Å². The lowest BCUT2D eigenvalue weighted by Crippen LogP contribution is -2.25. The molecular weight excluding hydrogens is 392 g/mol. The minimum absolute atomic E-state index is 0.242.